The topological polar surface area (TPSA) is 67.4 Å². The van der Waals surface area contributed by atoms with Gasteiger partial charge in [0.2, 0.25) is 11.8 Å². The van der Waals surface area contributed by atoms with E-state index in [1.54, 1.807) is 13.2 Å². The number of amides is 2. The summed E-state index contributed by atoms with van der Waals surface area (Å²) in [7, 11) is 1.63. The Labute approximate surface area is 164 Å². The van der Waals surface area contributed by atoms with Crippen molar-refractivity contribution in [1.29, 1.82) is 0 Å². The van der Waals surface area contributed by atoms with E-state index >= 15 is 0 Å². The summed E-state index contributed by atoms with van der Waals surface area (Å²) in [5.74, 6) is 0.368. The zero-order valence-corrected chi connectivity index (χ0v) is 16.0. The highest BCUT2D eigenvalue weighted by Crippen LogP contribution is 2.46. The Hall–Kier alpha value is -2.53. The lowest BCUT2D eigenvalue weighted by Gasteiger charge is -2.16. The van der Waals surface area contributed by atoms with E-state index in [0.29, 0.717) is 37.4 Å². The molecule has 0 aliphatic heterocycles. The van der Waals surface area contributed by atoms with Gasteiger partial charge in [-0.3, -0.25) is 9.59 Å². The normalized spacial score (nSPS) is 14.3. The summed E-state index contributed by atoms with van der Waals surface area (Å²) >= 11 is 6.11. The molecule has 2 amide bonds. The van der Waals surface area contributed by atoms with Crippen molar-refractivity contribution >= 4 is 23.4 Å². The molecule has 0 radical (unpaired) electrons. The van der Waals surface area contributed by atoms with Gasteiger partial charge in [0, 0.05) is 18.1 Å². The number of carbonyl (C=O) groups excluding carboxylic acids is 2. The first-order valence-electron chi connectivity index (χ1n) is 8.98. The number of hydrogen-bond acceptors (Lipinski definition) is 3. The fourth-order valence-electron chi connectivity index (χ4n) is 2.95. The average Bonchev–Trinajstić information content (AvgIpc) is 3.50. The van der Waals surface area contributed by atoms with Crippen LogP contribution in [0.15, 0.2) is 48.5 Å². The van der Waals surface area contributed by atoms with Crippen LogP contribution in [0.25, 0.3) is 0 Å². The lowest BCUT2D eigenvalue weighted by Crippen LogP contribution is -2.43. The van der Waals surface area contributed by atoms with Gasteiger partial charge < -0.3 is 15.4 Å². The highest BCUT2D eigenvalue weighted by atomic mass is 35.5. The molecular formula is C21H23ClN2O3. The van der Waals surface area contributed by atoms with E-state index in [1.807, 2.05) is 42.5 Å². The van der Waals surface area contributed by atoms with Gasteiger partial charge in [-0.2, -0.15) is 0 Å². The highest BCUT2D eigenvalue weighted by Gasteiger charge is 2.56. The molecule has 27 heavy (non-hydrogen) atoms. The van der Waals surface area contributed by atoms with Gasteiger partial charge in [0.05, 0.1) is 7.11 Å². The van der Waals surface area contributed by atoms with E-state index in [1.165, 1.54) is 0 Å². The van der Waals surface area contributed by atoms with Gasteiger partial charge in [-0.05, 0) is 48.6 Å². The Morgan fingerprint density at radius 1 is 1.04 bits per heavy atom. The quantitative estimate of drug-likeness (QED) is 0.685. The first-order chi connectivity index (χ1) is 13.0. The maximum atomic E-state index is 12.5. The van der Waals surface area contributed by atoms with Crippen molar-refractivity contribution in [3.8, 4) is 5.75 Å². The predicted octanol–water partition coefficient (Wildman–Crippen LogP) is 3.10. The van der Waals surface area contributed by atoms with Crippen LogP contribution >= 0.6 is 11.6 Å². The molecular weight excluding hydrogens is 364 g/mol. The molecule has 5 nitrogen and oxygen atoms in total. The van der Waals surface area contributed by atoms with E-state index < -0.39 is 5.41 Å². The number of ether oxygens (including phenoxy) is 1. The molecule has 0 spiro atoms. The van der Waals surface area contributed by atoms with E-state index in [2.05, 4.69) is 10.6 Å². The van der Waals surface area contributed by atoms with Crippen molar-refractivity contribution in [2.24, 2.45) is 5.41 Å². The Bertz CT molecular complexity index is 816. The molecule has 0 unspecified atom stereocenters. The summed E-state index contributed by atoms with van der Waals surface area (Å²) in [6.45, 7) is 0.810. The molecule has 1 aliphatic rings. The maximum absolute atomic E-state index is 12.5. The van der Waals surface area contributed by atoms with Crippen LogP contribution in [-0.2, 0) is 22.6 Å². The van der Waals surface area contributed by atoms with Crippen molar-refractivity contribution in [1.82, 2.24) is 10.6 Å². The lowest BCUT2D eigenvalue weighted by molar-refractivity contribution is -0.137. The number of rotatable bonds is 8. The summed E-state index contributed by atoms with van der Waals surface area (Å²) in [4.78, 5) is 25.0. The van der Waals surface area contributed by atoms with Gasteiger partial charge in [-0.25, -0.2) is 0 Å². The maximum Gasteiger partial charge on any atom is 0.235 e. The van der Waals surface area contributed by atoms with Crippen molar-refractivity contribution in [3.63, 3.8) is 0 Å². The van der Waals surface area contributed by atoms with Crippen molar-refractivity contribution < 1.29 is 14.3 Å². The van der Waals surface area contributed by atoms with E-state index in [9.17, 15) is 9.59 Å². The molecule has 2 N–H and O–H groups in total. The van der Waals surface area contributed by atoms with E-state index in [4.69, 9.17) is 16.3 Å². The SMILES string of the molecule is COc1ccc(CCNC(=O)C2(C(=O)NCc3ccccc3Cl)CC2)cc1. The van der Waals surface area contributed by atoms with Gasteiger partial charge in [0.1, 0.15) is 11.2 Å². The van der Waals surface area contributed by atoms with Crippen molar-refractivity contribution in [3.05, 3.63) is 64.7 Å². The third-order valence-electron chi connectivity index (χ3n) is 4.87. The Morgan fingerprint density at radius 2 is 1.70 bits per heavy atom. The van der Waals surface area contributed by atoms with Gasteiger partial charge in [0.25, 0.3) is 0 Å². The van der Waals surface area contributed by atoms with E-state index in [-0.39, 0.29) is 11.8 Å². The molecule has 1 fully saturated rings. The molecule has 3 rings (SSSR count). The zero-order chi connectivity index (χ0) is 19.3. The monoisotopic (exact) mass is 386 g/mol. The molecule has 0 bridgehead atoms. The predicted molar refractivity (Wildman–Crippen MR) is 105 cm³/mol. The third-order valence-corrected chi connectivity index (χ3v) is 5.24. The molecule has 6 heteroatoms. The van der Waals surface area contributed by atoms with E-state index in [0.717, 1.165) is 16.9 Å². The molecule has 1 saturated carbocycles. The van der Waals surface area contributed by atoms with Gasteiger partial charge >= 0.3 is 0 Å². The van der Waals surface area contributed by atoms with Gasteiger partial charge in [-0.15, -0.1) is 0 Å². The average molecular weight is 387 g/mol. The van der Waals surface area contributed by atoms with Crippen LogP contribution in [-0.4, -0.2) is 25.5 Å². The Balaban J connectivity index is 1.48. The first-order valence-corrected chi connectivity index (χ1v) is 9.36. The van der Waals surface area contributed by atoms with Gasteiger partial charge in [0.15, 0.2) is 0 Å². The minimum absolute atomic E-state index is 0.201. The lowest BCUT2D eigenvalue weighted by atomic mass is 10.0. The summed E-state index contributed by atoms with van der Waals surface area (Å²) in [6, 6.07) is 15.1. The largest absolute Gasteiger partial charge is 0.497 e. The minimum atomic E-state index is -0.929. The molecule has 0 heterocycles. The Morgan fingerprint density at radius 3 is 2.33 bits per heavy atom. The van der Waals surface area contributed by atoms with Crippen LogP contribution in [0.3, 0.4) is 0 Å². The van der Waals surface area contributed by atoms with Crippen LogP contribution in [0.2, 0.25) is 5.02 Å². The number of hydrogen-bond donors (Lipinski definition) is 2. The number of halogens is 1. The fourth-order valence-corrected chi connectivity index (χ4v) is 3.15. The van der Waals surface area contributed by atoms with Gasteiger partial charge in [-0.1, -0.05) is 41.9 Å². The summed E-state index contributed by atoms with van der Waals surface area (Å²) in [6.07, 6.45) is 1.86. The first kappa shape index (κ1) is 19.2. The van der Waals surface area contributed by atoms with Crippen molar-refractivity contribution in [2.75, 3.05) is 13.7 Å². The van der Waals surface area contributed by atoms with Crippen molar-refractivity contribution in [2.45, 2.75) is 25.8 Å². The summed E-state index contributed by atoms with van der Waals surface area (Å²) < 4.78 is 5.13. The highest BCUT2D eigenvalue weighted by molar-refractivity contribution is 6.31. The second-order valence-electron chi connectivity index (χ2n) is 6.71. The molecule has 0 atom stereocenters. The second-order valence-corrected chi connectivity index (χ2v) is 7.12. The van der Waals surface area contributed by atoms with Crippen LogP contribution in [0.5, 0.6) is 5.75 Å². The molecule has 1 aliphatic carbocycles. The summed E-state index contributed by atoms with van der Waals surface area (Å²) in [5.41, 5.74) is 1.01. The standard InChI is InChI=1S/C21H23ClN2O3/c1-27-17-8-6-15(7-9-17)10-13-23-19(25)21(11-12-21)20(26)24-14-16-4-2-3-5-18(16)22/h2-9H,10-14H2,1H3,(H,23,25)(H,24,26). The molecule has 142 valence electrons. The smallest absolute Gasteiger partial charge is 0.235 e. The number of benzene rings is 2. The molecule has 0 saturated heterocycles. The number of methoxy groups -OCH3 is 1. The van der Waals surface area contributed by atoms with Crippen LogP contribution in [0.1, 0.15) is 24.0 Å². The number of carbonyl (C=O) groups is 2. The second kappa shape index (κ2) is 8.44. The molecule has 0 aromatic heterocycles. The Kier molecular flexibility index (Phi) is 6.01. The van der Waals surface area contributed by atoms with Crippen LogP contribution in [0.4, 0.5) is 0 Å². The number of nitrogens with one attached hydrogen (secondary N) is 2. The third kappa shape index (κ3) is 4.61. The summed E-state index contributed by atoms with van der Waals surface area (Å²) in [5, 5.41) is 6.35. The zero-order valence-electron chi connectivity index (χ0n) is 15.3. The molecule has 2 aromatic carbocycles. The molecule has 2 aromatic rings. The van der Waals surface area contributed by atoms with Crippen LogP contribution < -0.4 is 15.4 Å². The minimum Gasteiger partial charge on any atom is -0.497 e. The fraction of sp³-hybridized carbons (Fsp3) is 0.333. The van der Waals surface area contributed by atoms with Crippen LogP contribution in [0, 0.1) is 5.41 Å².